The molecule has 1 aliphatic carbocycles. The van der Waals surface area contributed by atoms with Gasteiger partial charge in [-0.15, -0.1) is 0 Å². The van der Waals surface area contributed by atoms with Crippen LogP contribution in [0.1, 0.15) is 38.5 Å². The van der Waals surface area contributed by atoms with Gasteiger partial charge in [-0.1, -0.05) is 55.3 Å². The Morgan fingerprint density at radius 2 is 1.96 bits per heavy atom. The summed E-state index contributed by atoms with van der Waals surface area (Å²) in [4.78, 5) is 0. The SMILES string of the molecule is COC(C(O)Nc1ccc(Cl)c(Cl)c1)[C@H](N)CC1CCCCC1. The fourth-order valence-corrected chi connectivity index (χ4v) is 3.62. The monoisotopic (exact) mass is 360 g/mol. The number of benzene rings is 1. The summed E-state index contributed by atoms with van der Waals surface area (Å²) in [5, 5.41) is 14.3. The maximum atomic E-state index is 10.4. The number of ether oxygens (including phenoxy) is 1. The molecule has 1 saturated carbocycles. The smallest absolute Gasteiger partial charge is 0.152 e. The van der Waals surface area contributed by atoms with Gasteiger partial charge in [0.05, 0.1) is 10.0 Å². The quantitative estimate of drug-likeness (QED) is 0.642. The molecule has 4 N–H and O–H groups in total. The molecule has 130 valence electrons. The number of nitrogens with one attached hydrogen (secondary N) is 1. The standard InChI is InChI=1S/C17H26Cl2N2O2/c1-23-16(15(20)9-11-5-3-2-4-6-11)17(22)21-12-7-8-13(18)14(19)10-12/h7-8,10-11,15-17,21-22H,2-6,9,20H2,1H3/t15-,16?,17?/m1/s1. The Balaban J connectivity index is 1.93. The molecule has 1 aromatic carbocycles. The van der Waals surface area contributed by atoms with E-state index in [2.05, 4.69) is 5.32 Å². The number of methoxy groups -OCH3 is 1. The molecule has 0 saturated heterocycles. The summed E-state index contributed by atoms with van der Waals surface area (Å²) >= 11 is 11.9. The van der Waals surface area contributed by atoms with Crippen LogP contribution in [0.4, 0.5) is 5.69 Å². The Kier molecular flexibility index (Phi) is 7.44. The van der Waals surface area contributed by atoms with Gasteiger partial charge in [-0.25, -0.2) is 0 Å². The fourth-order valence-electron chi connectivity index (χ4n) is 3.32. The molecule has 1 fully saturated rings. The van der Waals surface area contributed by atoms with Crippen molar-refractivity contribution in [2.24, 2.45) is 11.7 Å². The van der Waals surface area contributed by atoms with Crippen LogP contribution in [0.3, 0.4) is 0 Å². The van der Waals surface area contributed by atoms with E-state index in [4.69, 9.17) is 33.7 Å². The Labute approximate surface area is 148 Å². The summed E-state index contributed by atoms with van der Waals surface area (Å²) in [6.07, 6.45) is 5.81. The van der Waals surface area contributed by atoms with Crippen molar-refractivity contribution in [2.45, 2.75) is 56.9 Å². The molecular weight excluding hydrogens is 335 g/mol. The van der Waals surface area contributed by atoms with Crippen molar-refractivity contribution in [3.05, 3.63) is 28.2 Å². The number of halogens is 2. The van der Waals surface area contributed by atoms with Crippen LogP contribution in [-0.4, -0.2) is 30.6 Å². The van der Waals surface area contributed by atoms with Gasteiger partial charge in [0, 0.05) is 18.8 Å². The highest BCUT2D eigenvalue weighted by Gasteiger charge is 2.28. The van der Waals surface area contributed by atoms with Gasteiger partial charge in [-0.3, -0.25) is 0 Å². The minimum absolute atomic E-state index is 0.214. The lowest BCUT2D eigenvalue weighted by Gasteiger charge is -2.32. The largest absolute Gasteiger partial charge is 0.375 e. The molecule has 1 aromatic rings. The van der Waals surface area contributed by atoms with Gasteiger partial charge in [0.15, 0.2) is 6.23 Å². The molecule has 6 heteroatoms. The molecule has 1 aliphatic rings. The third kappa shape index (κ3) is 5.50. The molecule has 3 atom stereocenters. The van der Waals surface area contributed by atoms with Crippen molar-refractivity contribution in [1.29, 1.82) is 0 Å². The van der Waals surface area contributed by atoms with Gasteiger partial charge in [0.25, 0.3) is 0 Å². The molecule has 0 spiro atoms. The van der Waals surface area contributed by atoms with Crippen molar-refractivity contribution >= 4 is 28.9 Å². The van der Waals surface area contributed by atoms with Crippen LogP contribution < -0.4 is 11.1 Å². The van der Waals surface area contributed by atoms with Gasteiger partial charge in [-0.2, -0.15) is 0 Å². The number of hydrogen-bond acceptors (Lipinski definition) is 4. The Bertz CT molecular complexity index is 495. The molecule has 23 heavy (non-hydrogen) atoms. The van der Waals surface area contributed by atoms with Crippen LogP contribution in [0.25, 0.3) is 0 Å². The van der Waals surface area contributed by atoms with Gasteiger partial charge in [-0.05, 0) is 30.5 Å². The number of aliphatic hydroxyl groups is 1. The van der Waals surface area contributed by atoms with Crippen molar-refractivity contribution < 1.29 is 9.84 Å². The van der Waals surface area contributed by atoms with Crippen LogP contribution in [-0.2, 0) is 4.74 Å². The summed E-state index contributed by atoms with van der Waals surface area (Å²) in [5.41, 5.74) is 6.98. The summed E-state index contributed by atoms with van der Waals surface area (Å²) in [6, 6.07) is 4.90. The molecule has 2 unspecified atom stereocenters. The average molecular weight is 361 g/mol. The molecule has 0 aromatic heterocycles. The molecule has 0 heterocycles. The molecule has 0 bridgehead atoms. The van der Waals surface area contributed by atoms with Crippen LogP contribution >= 0.6 is 23.2 Å². The average Bonchev–Trinajstić information content (AvgIpc) is 2.52. The van der Waals surface area contributed by atoms with E-state index in [9.17, 15) is 5.11 Å². The number of nitrogens with two attached hydrogens (primary N) is 1. The van der Waals surface area contributed by atoms with E-state index in [1.165, 1.54) is 32.1 Å². The second-order valence-electron chi connectivity index (χ2n) is 6.32. The minimum Gasteiger partial charge on any atom is -0.375 e. The van der Waals surface area contributed by atoms with Crippen molar-refractivity contribution in [2.75, 3.05) is 12.4 Å². The summed E-state index contributed by atoms with van der Waals surface area (Å²) in [7, 11) is 1.57. The number of anilines is 1. The fraction of sp³-hybridized carbons (Fsp3) is 0.647. The maximum absolute atomic E-state index is 10.4. The number of aliphatic hydroxyl groups excluding tert-OH is 1. The Morgan fingerprint density at radius 3 is 2.57 bits per heavy atom. The Morgan fingerprint density at radius 1 is 1.26 bits per heavy atom. The zero-order valence-electron chi connectivity index (χ0n) is 13.5. The first kappa shape index (κ1) is 18.8. The predicted molar refractivity (Wildman–Crippen MR) is 96.1 cm³/mol. The van der Waals surface area contributed by atoms with Gasteiger partial charge in [0.1, 0.15) is 6.10 Å². The topological polar surface area (TPSA) is 67.5 Å². The predicted octanol–water partition coefficient (Wildman–Crippen LogP) is 4.04. The summed E-state index contributed by atoms with van der Waals surface area (Å²) < 4.78 is 5.45. The Hall–Kier alpha value is -0.520. The van der Waals surface area contributed by atoms with Gasteiger partial charge in [0.2, 0.25) is 0 Å². The second kappa shape index (κ2) is 9.09. The lowest BCUT2D eigenvalue weighted by Crippen LogP contribution is -2.48. The highest BCUT2D eigenvalue weighted by molar-refractivity contribution is 6.42. The zero-order valence-corrected chi connectivity index (χ0v) is 15.0. The van der Waals surface area contributed by atoms with E-state index in [0.29, 0.717) is 21.7 Å². The van der Waals surface area contributed by atoms with E-state index in [1.807, 2.05) is 0 Å². The van der Waals surface area contributed by atoms with E-state index in [0.717, 1.165) is 6.42 Å². The van der Waals surface area contributed by atoms with Crippen LogP contribution in [0.15, 0.2) is 18.2 Å². The molecule has 0 aliphatic heterocycles. The van der Waals surface area contributed by atoms with Crippen molar-refractivity contribution in [3.8, 4) is 0 Å². The molecule has 0 amide bonds. The maximum Gasteiger partial charge on any atom is 0.152 e. The minimum atomic E-state index is -0.907. The number of rotatable bonds is 7. The first-order valence-electron chi connectivity index (χ1n) is 8.19. The van der Waals surface area contributed by atoms with Crippen LogP contribution in [0.5, 0.6) is 0 Å². The van der Waals surface area contributed by atoms with E-state index < -0.39 is 12.3 Å². The zero-order chi connectivity index (χ0) is 16.8. The van der Waals surface area contributed by atoms with E-state index in [-0.39, 0.29) is 6.04 Å². The van der Waals surface area contributed by atoms with Crippen LogP contribution in [0, 0.1) is 5.92 Å². The number of hydrogen-bond donors (Lipinski definition) is 3. The first-order valence-corrected chi connectivity index (χ1v) is 8.95. The van der Waals surface area contributed by atoms with Crippen LogP contribution in [0.2, 0.25) is 10.0 Å². The highest BCUT2D eigenvalue weighted by Crippen LogP contribution is 2.29. The molecule has 2 rings (SSSR count). The van der Waals surface area contributed by atoms with E-state index >= 15 is 0 Å². The third-order valence-electron chi connectivity index (χ3n) is 4.57. The molecule has 0 radical (unpaired) electrons. The first-order chi connectivity index (χ1) is 11.0. The van der Waals surface area contributed by atoms with Gasteiger partial charge >= 0.3 is 0 Å². The molecular formula is C17H26Cl2N2O2. The summed E-state index contributed by atoms with van der Waals surface area (Å²) in [6.45, 7) is 0. The molecule has 4 nitrogen and oxygen atoms in total. The normalized spacial score (nSPS) is 20.0. The summed E-state index contributed by atoms with van der Waals surface area (Å²) in [5.74, 6) is 0.633. The third-order valence-corrected chi connectivity index (χ3v) is 5.31. The second-order valence-corrected chi connectivity index (χ2v) is 7.14. The van der Waals surface area contributed by atoms with E-state index in [1.54, 1.807) is 25.3 Å². The van der Waals surface area contributed by atoms with Crippen molar-refractivity contribution in [1.82, 2.24) is 0 Å². The lowest BCUT2D eigenvalue weighted by molar-refractivity contribution is -0.0175. The highest BCUT2D eigenvalue weighted by atomic mass is 35.5. The van der Waals surface area contributed by atoms with Crippen molar-refractivity contribution in [3.63, 3.8) is 0 Å². The lowest BCUT2D eigenvalue weighted by atomic mass is 9.83. The van der Waals surface area contributed by atoms with Gasteiger partial charge < -0.3 is 20.9 Å².